The first-order valence-electron chi connectivity index (χ1n) is 7.87. The summed E-state index contributed by atoms with van der Waals surface area (Å²) >= 11 is 5.90. The Morgan fingerprint density at radius 3 is 2.28 bits per heavy atom. The first kappa shape index (κ1) is 17.1. The van der Waals surface area contributed by atoms with Gasteiger partial charge in [-0.3, -0.25) is 0 Å². The lowest BCUT2D eigenvalue weighted by molar-refractivity contribution is -0.136. The first-order valence-corrected chi connectivity index (χ1v) is 8.25. The van der Waals surface area contributed by atoms with Gasteiger partial charge in [-0.2, -0.15) is 0 Å². The highest BCUT2D eigenvalue weighted by Gasteiger charge is 2.08. The summed E-state index contributed by atoms with van der Waals surface area (Å²) in [5.41, 5.74) is 3.04. The molecule has 0 aliphatic heterocycles. The third-order valence-electron chi connectivity index (χ3n) is 3.68. The molecule has 0 saturated carbocycles. The van der Waals surface area contributed by atoms with Gasteiger partial charge in [0, 0.05) is 5.02 Å². The Labute approximate surface area is 151 Å². The van der Waals surface area contributed by atoms with Gasteiger partial charge in [-0.15, -0.1) is 0 Å². The molecule has 0 atom stereocenters. The highest BCUT2D eigenvalue weighted by molar-refractivity contribution is 6.30. The van der Waals surface area contributed by atoms with Gasteiger partial charge in [-0.1, -0.05) is 54.1 Å². The fraction of sp³-hybridized carbons (Fsp3) is 0.0952. The number of rotatable bonds is 5. The van der Waals surface area contributed by atoms with Crippen LogP contribution >= 0.6 is 11.6 Å². The van der Waals surface area contributed by atoms with Crippen molar-refractivity contribution in [2.24, 2.45) is 0 Å². The molecule has 0 radical (unpaired) electrons. The Morgan fingerprint density at radius 1 is 0.920 bits per heavy atom. The number of halogens is 1. The van der Waals surface area contributed by atoms with Crippen molar-refractivity contribution in [3.05, 3.63) is 83.4 Å². The Kier molecular flexibility index (Phi) is 5.36. The van der Waals surface area contributed by atoms with Gasteiger partial charge in [0.1, 0.15) is 11.5 Å². The maximum Gasteiger partial charge on any atom is 0.349 e. The van der Waals surface area contributed by atoms with E-state index in [1.165, 1.54) is 0 Å². The van der Waals surface area contributed by atoms with E-state index in [-0.39, 0.29) is 6.61 Å². The van der Waals surface area contributed by atoms with Crippen LogP contribution in [0.5, 0.6) is 11.5 Å². The number of hydrogen-bond donors (Lipinski definition) is 0. The molecule has 126 valence electrons. The van der Waals surface area contributed by atoms with E-state index in [4.69, 9.17) is 21.1 Å². The molecule has 0 fully saturated rings. The number of ether oxygens (including phenoxy) is 2. The molecule has 3 aromatic carbocycles. The maximum atomic E-state index is 11.9. The standard InChI is InChI=1S/C21H17ClO3/c1-15-13-18(22)9-12-20(15)24-14-21(23)25-19-10-7-17(8-11-19)16-5-3-2-4-6-16/h2-13H,14H2,1H3. The third-order valence-corrected chi connectivity index (χ3v) is 3.91. The number of aryl methyl sites for hydroxylation is 1. The predicted molar refractivity (Wildman–Crippen MR) is 99.2 cm³/mol. The molecule has 0 aromatic heterocycles. The normalized spacial score (nSPS) is 10.3. The largest absolute Gasteiger partial charge is 0.482 e. The second kappa shape index (κ2) is 7.86. The molecular weight excluding hydrogens is 336 g/mol. The third kappa shape index (κ3) is 4.61. The lowest BCUT2D eigenvalue weighted by atomic mass is 10.1. The summed E-state index contributed by atoms with van der Waals surface area (Å²) in [5.74, 6) is 0.642. The molecular formula is C21H17ClO3. The van der Waals surface area contributed by atoms with Crippen LogP contribution in [0.25, 0.3) is 11.1 Å². The van der Waals surface area contributed by atoms with Crippen molar-refractivity contribution >= 4 is 17.6 Å². The number of hydrogen-bond acceptors (Lipinski definition) is 3. The van der Waals surface area contributed by atoms with Crippen molar-refractivity contribution in [2.75, 3.05) is 6.61 Å². The number of esters is 1. The first-order chi connectivity index (χ1) is 12.1. The zero-order valence-electron chi connectivity index (χ0n) is 13.7. The van der Waals surface area contributed by atoms with Gasteiger partial charge in [0.05, 0.1) is 0 Å². The van der Waals surface area contributed by atoms with Crippen molar-refractivity contribution < 1.29 is 14.3 Å². The number of carbonyl (C=O) groups excluding carboxylic acids is 1. The smallest absolute Gasteiger partial charge is 0.349 e. The summed E-state index contributed by atoms with van der Waals surface area (Å²) in [5, 5.41) is 0.630. The average Bonchev–Trinajstić information content (AvgIpc) is 2.62. The van der Waals surface area contributed by atoms with E-state index in [2.05, 4.69) is 0 Å². The van der Waals surface area contributed by atoms with Gasteiger partial charge in [-0.25, -0.2) is 4.79 Å². The van der Waals surface area contributed by atoms with Crippen molar-refractivity contribution in [1.82, 2.24) is 0 Å². The molecule has 25 heavy (non-hydrogen) atoms. The molecule has 0 heterocycles. The molecule has 0 N–H and O–H groups in total. The number of carbonyl (C=O) groups is 1. The summed E-state index contributed by atoms with van der Waals surface area (Å²) in [6.07, 6.45) is 0. The van der Waals surface area contributed by atoms with E-state index in [1.54, 1.807) is 30.3 Å². The summed E-state index contributed by atoms with van der Waals surface area (Å²) in [6.45, 7) is 1.71. The van der Waals surface area contributed by atoms with Crippen LogP contribution in [0.15, 0.2) is 72.8 Å². The Bertz CT molecular complexity index is 858. The molecule has 3 aromatic rings. The van der Waals surface area contributed by atoms with Crippen LogP contribution in [-0.2, 0) is 4.79 Å². The number of benzene rings is 3. The van der Waals surface area contributed by atoms with Gasteiger partial charge in [-0.05, 0) is 53.9 Å². The molecule has 0 saturated heterocycles. The zero-order valence-corrected chi connectivity index (χ0v) is 14.5. The van der Waals surface area contributed by atoms with Gasteiger partial charge < -0.3 is 9.47 Å². The highest BCUT2D eigenvalue weighted by Crippen LogP contribution is 2.23. The van der Waals surface area contributed by atoms with Crippen molar-refractivity contribution in [3.63, 3.8) is 0 Å². The minimum Gasteiger partial charge on any atom is -0.482 e. The van der Waals surface area contributed by atoms with Crippen LogP contribution in [-0.4, -0.2) is 12.6 Å². The average molecular weight is 353 g/mol. The molecule has 0 amide bonds. The molecule has 0 aliphatic rings. The molecule has 0 spiro atoms. The van der Waals surface area contributed by atoms with Gasteiger partial charge in [0.2, 0.25) is 0 Å². The fourth-order valence-electron chi connectivity index (χ4n) is 2.42. The van der Waals surface area contributed by atoms with Gasteiger partial charge >= 0.3 is 5.97 Å². The van der Waals surface area contributed by atoms with Crippen LogP contribution < -0.4 is 9.47 Å². The SMILES string of the molecule is Cc1cc(Cl)ccc1OCC(=O)Oc1ccc(-c2ccccc2)cc1. The minimum atomic E-state index is -0.457. The van der Waals surface area contributed by atoms with Gasteiger partial charge in [0.15, 0.2) is 6.61 Å². The van der Waals surface area contributed by atoms with E-state index in [9.17, 15) is 4.79 Å². The highest BCUT2D eigenvalue weighted by atomic mass is 35.5. The molecule has 0 unspecified atom stereocenters. The molecule has 3 nitrogen and oxygen atoms in total. The van der Waals surface area contributed by atoms with Crippen LogP contribution in [0, 0.1) is 6.92 Å². The summed E-state index contributed by atoms with van der Waals surface area (Å²) < 4.78 is 10.8. The fourth-order valence-corrected chi connectivity index (χ4v) is 2.65. The second-order valence-electron chi connectivity index (χ2n) is 5.56. The van der Waals surface area contributed by atoms with Crippen LogP contribution in [0.1, 0.15) is 5.56 Å². The van der Waals surface area contributed by atoms with Crippen LogP contribution in [0.2, 0.25) is 5.02 Å². The Balaban J connectivity index is 1.57. The molecule has 3 rings (SSSR count). The monoisotopic (exact) mass is 352 g/mol. The van der Waals surface area contributed by atoms with E-state index in [1.807, 2.05) is 49.4 Å². The Morgan fingerprint density at radius 2 is 1.60 bits per heavy atom. The lowest BCUT2D eigenvalue weighted by Gasteiger charge is -2.09. The van der Waals surface area contributed by atoms with Crippen LogP contribution in [0.4, 0.5) is 0 Å². The lowest BCUT2D eigenvalue weighted by Crippen LogP contribution is -2.17. The quantitative estimate of drug-likeness (QED) is 0.461. The molecule has 0 bridgehead atoms. The van der Waals surface area contributed by atoms with E-state index in [0.717, 1.165) is 16.7 Å². The Hall–Kier alpha value is -2.78. The zero-order chi connectivity index (χ0) is 17.6. The van der Waals surface area contributed by atoms with E-state index in [0.29, 0.717) is 16.5 Å². The molecule has 0 aliphatic carbocycles. The summed E-state index contributed by atoms with van der Waals surface area (Å²) in [7, 11) is 0. The predicted octanol–water partition coefficient (Wildman–Crippen LogP) is 5.30. The van der Waals surface area contributed by atoms with Gasteiger partial charge in [0.25, 0.3) is 0 Å². The molecule has 4 heteroatoms. The van der Waals surface area contributed by atoms with E-state index < -0.39 is 5.97 Å². The second-order valence-corrected chi connectivity index (χ2v) is 6.00. The van der Waals surface area contributed by atoms with Crippen molar-refractivity contribution in [2.45, 2.75) is 6.92 Å². The minimum absolute atomic E-state index is 0.164. The maximum absolute atomic E-state index is 11.9. The van der Waals surface area contributed by atoms with E-state index >= 15 is 0 Å². The summed E-state index contributed by atoms with van der Waals surface area (Å²) in [6, 6.07) is 22.6. The van der Waals surface area contributed by atoms with Crippen molar-refractivity contribution in [3.8, 4) is 22.6 Å². The topological polar surface area (TPSA) is 35.5 Å². The van der Waals surface area contributed by atoms with Crippen molar-refractivity contribution in [1.29, 1.82) is 0 Å². The summed E-state index contributed by atoms with van der Waals surface area (Å²) in [4.78, 5) is 11.9. The van der Waals surface area contributed by atoms with Crippen LogP contribution in [0.3, 0.4) is 0 Å².